The summed E-state index contributed by atoms with van der Waals surface area (Å²) in [6, 6.07) is 0.183. The van der Waals surface area contributed by atoms with Gasteiger partial charge in [-0.25, -0.2) is 0 Å². The number of aliphatic hydroxyl groups excluding tert-OH is 1. The molecule has 82 valence electrons. The van der Waals surface area contributed by atoms with Crippen LogP contribution in [0.3, 0.4) is 0 Å². The third-order valence-electron chi connectivity index (χ3n) is 2.61. The summed E-state index contributed by atoms with van der Waals surface area (Å²) in [5.41, 5.74) is 0. The molecule has 0 aromatic heterocycles. The van der Waals surface area contributed by atoms with Gasteiger partial charge in [-0.2, -0.15) is 0 Å². The lowest BCUT2D eigenvalue weighted by Crippen LogP contribution is -2.47. The van der Waals surface area contributed by atoms with Crippen LogP contribution in [0.25, 0.3) is 0 Å². The zero-order valence-electron chi connectivity index (χ0n) is 8.99. The minimum absolute atomic E-state index is 0.0484. The van der Waals surface area contributed by atoms with Crippen LogP contribution in [0, 0.1) is 5.92 Å². The van der Waals surface area contributed by atoms with Crippen LogP contribution in [0.2, 0.25) is 0 Å². The lowest BCUT2D eigenvalue weighted by molar-refractivity contribution is -0.134. The molecule has 0 spiro atoms. The Kier molecular flexibility index (Phi) is 4.35. The van der Waals surface area contributed by atoms with Crippen molar-refractivity contribution in [1.82, 2.24) is 10.2 Å². The van der Waals surface area contributed by atoms with Gasteiger partial charge in [0.15, 0.2) is 0 Å². The summed E-state index contributed by atoms with van der Waals surface area (Å²) in [6.07, 6.45) is 0.616. The SMILES string of the molecule is CC(C)N(CCO)C(=O)CC1CNC1. The Morgan fingerprint density at radius 2 is 2.21 bits per heavy atom. The van der Waals surface area contributed by atoms with E-state index in [0.29, 0.717) is 18.9 Å². The van der Waals surface area contributed by atoms with Gasteiger partial charge in [-0.1, -0.05) is 0 Å². The number of hydrogen-bond acceptors (Lipinski definition) is 3. The minimum atomic E-state index is 0.0484. The molecule has 1 heterocycles. The number of amides is 1. The molecule has 14 heavy (non-hydrogen) atoms. The maximum absolute atomic E-state index is 11.8. The first-order chi connectivity index (χ1) is 6.65. The van der Waals surface area contributed by atoms with Gasteiger partial charge in [0.2, 0.25) is 5.91 Å². The third-order valence-corrected chi connectivity index (χ3v) is 2.61. The number of hydrogen-bond donors (Lipinski definition) is 2. The predicted octanol–water partition coefficient (Wildman–Crippen LogP) is -0.175. The number of nitrogens with zero attached hydrogens (tertiary/aromatic N) is 1. The summed E-state index contributed by atoms with van der Waals surface area (Å²) in [7, 11) is 0. The standard InChI is InChI=1S/C10H20N2O2/c1-8(2)12(3-4-13)10(14)5-9-6-11-7-9/h8-9,11,13H,3-7H2,1-2H3. The highest BCUT2D eigenvalue weighted by Crippen LogP contribution is 2.12. The highest BCUT2D eigenvalue weighted by Gasteiger charge is 2.24. The minimum Gasteiger partial charge on any atom is -0.395 e. The first-order valence-corrected chi connectivity index (χ1v) is 5.26. The van der Waals surface area contributed by atoms with Crippen molar-refractivity contribution < 1.29 is 9.90 Å². The fraction of sp³-hybridized carbons (Fsp3) is 0.900. The largest absolute Gasteiger partial charge is 0.395 e. The highest BCUT2D eigenvalue weighted by molar-refractivity contribution is 5.76. The van der Waals surface area contributed by atoms with Crippen molar-refractivity contribution in [2.24, 2.45) is 5.92 Å². The average molecular weight is 200 g/mol. The van der Waals surface area contributed by atoms with Gasteiger partial charge in [0.05, 0.1) is 6.61 Å². The molecule has 0 saturated carbocycles. The number of nitrogens with one attached hydrogen (secondary N) is 1. The van der Waals surface area contributed by atoms with E-state index in [1.165, 1.54) is 0 Å². The van der Waals surface area contributed by atoms with Crippen molar-refractivity contribution in [2.75, 3.05) is 26.2 Å². The van der Waals surface area contributed by atoms with Gasteiger partial charge < -0.3 is 15.3 Å². The molecular formula is C10H20N2O2. The van der Waals surface area contributed by atoms with Crippen molar-refractivity contribution >= 4 is 5.91 Å². The third kappa shape index (κ3) is 2.96. The Morgan fingerprint density at radius 3 is 2.57 bits per heavy atom. The molecule has 1 aliphatic heterocycles. The summed E-state index contributed by atoms with van der Waals surface area (Å²) < 4.78 is 0. The van der Waals surface area contributed by atoms with Crippen LogP contribution < -0.4 is 5.32 Å². The van der Waals surface area contributed by atoms with E-state index in [4.69, 9.17) is 5.11 Å². The molecule has 1 aliphatic rings. The number of rotatable bonds is 5. The Bertz CT molecular complexity index is 191. The molecule has 4 nitrogen and oxygen atoms in total. The second-order valence-electron chi connectivity index (χ2n) is 4.13. The van der Waals surface area contributed by atoms with E-state index in [9.17, 15) is 4.79 Å². The van der Waals surface area contributed by atoms with E-state index in [1.807, 2.05) is 13.8 Å². The molecule has 2 N–H and O–H groups in total. The first kappa shape index (κ1) is 11.5. The maximum atomic E-state index is 11.8. The predicted molar refractivity (Wildman–Crippen MR) is 54.9 cm³/mol. The molecule has 1 fully saturated rings. The Morgan fingerprint density at radius 1 is 1.57 bits per heavy atom. The number of carbonyl (C=O) groups is 1. The summed E-state index contributed by atoms with van der Waals surface area (Å²) in [5, 5.41) is 12.0. The molecule has 0 aliphatic carbocycles. The Labute approximate surface area is 85.3 Å². The monoisotopic (exact) mass is 200 g/mol. The summed E-state index contributed by atoms with van der Waals surface area (Å²) in [4.78, 5) is 13.5. The molecular weight excluding hydrogens is 180 g/mol. The van der Waals surface area contributed by atoms with Crippen LogP contribution in [0.4, 0.5) is 0 Å². The fourth-order valence-electron chi connectivity index (χ4n) is 1.64. The van der Waals surface area contributed by atoms with Gasteiger partial charge in [-0.05, 0) is 32.9 Å². The molecule has 0 atom stereocenters. The molecule has 0 aromatic rings. The molecule has 1 saturated heterocycles. The summed E-state index contributed by atoms with van der Waals surface area (Å²) in [6.45, 7) is 6.37. The molecule has 1 rings (SSSR count). The van der Waals surface area contributed by atoms with Crippen molar-refractivity contribution in [3.8, 4) is 0 Å². The van der Waals surface area contributed by atoms with Crippen LogP contribution in [0.15, 0.2) is 0 Å². The molecule has 0 unspecified atom stereocenters. The second-order valence-corrected chi connectivity index (χ2v) is 4.13. The van der Waals surface area contributed by atoms with Crippen LogP contribution in [-0.4, -0.2) is 48.2 Å². The smallest absolute Gasteiger partial charge is 0.223 e. The number of carbonyl (C=O) groups excluding carboxylic acids is 1. The van der Waals surface area contributed by atoms with Gasteiger partial charge in [0.25, 0.3) is 0 Å². The van der Waals surface area contributed by atoms with E-state index in [1.54, 1.807) is 4.90 Å². The van der Waals surface area contributed by atoms with E-state index in [2.05, 4.69) is 5.32 Å². The van der Waals surface area contributed by atoms with Gasteiger partial charge in [0, 0.05) is 19.0 Å². The van der Waals surface area contributed by atoms with E-state index in [0.717, 1.165) is 13.1 Å². The molecule has 0 radical (unpaired) electrons. The summed E-state index contributed by atoms with van der Waals surface area (Å²) >= 11 is 0. The van der Waals surface area contributed by atoms with Crippen molar-refractivity contribution in [1.29, 1.82) is 0 Å². The van der Waals surface area contributed by atoms with Gasteiger partial charge in [-0.15, -0.1) is 0 Å². The summed E-state index contributed by atoms with van der Waals surface area (Å²) in [5.74, 6) is 0.669. The lowest BCUT2D eigenvalue weighted by atomic mass is 9.98. The van der Waals surface area contributed by atoms with Crippen LogP contribution in [-0.2, 0) is 4.79 Å². The van der Waals surface area contributed by atoms with Gasteiger partial charge >= 0.3 is 0 Å². The molecule has 0 aromatic carbocycles. The molecule has 4 heteroatoms. The van der Waals surface area contributed by atoms with Crippen LogP contribution in [0.5, 0.6) is 0 Å². The molecule has 0 bridgehead atoms. The quantitative estimate of drug-likeness (QED) is 0.647. The van der Waals surface area contributed by atoms with Crippen molar-refractivity contribution in [3.05, 3.63) is 0 Å². The Hall–Kier alpha value is -0.610. The van der Waals surface area contributed by atoms with Crippen molar-refractivity contribution in [2.45, 2.75) is 26.3 Å². The maximum Gasteiger partial charge on any atom is 0.223 e. The van der Waals surface area contributed by atoms with E-state index >= 15 is 0 Å². The highest BCUT2D eigenvalue weighted by atomic mass is 16.3. The first-order valence-electron chi connectivity index (χ1n) is 5.26. The normalized spacial score (nSPS) is 16.9. The zero-order chi connectivity index (χ0) is 10.6. The zero-order valence-corrected chi connectivity index (χ0v) is 8.99. The molecule has 1 amide bonds. The lowest BCUT2D eigenvalue weighted by Gasteiger charge is -2.31. The van der Waals surface area contributed by atoms with Crippen LogP contribution >= 0.6 is 0 Å². The Balaban J connectivity index is 2.36. The van der Waals surface area contributed by atoms with Crippen LogP contribution in [0.1, 0.15) is 20.3 Å². The topological polar surface area (TPSA) is 52.6 Å². The van der Waals surface area contributed by atoms with Gasteiger partial charge in [-0.3, -0.25) is 4.79 Å². The number of aliphatic hydroxyl groups is 1. The van der Waals surface area contributed by atoms with Crippen molar-refractivity contribution in [3.63, 3.8) is 0 Å². The van der Waals surface area contributed by atoms with E-state index in [-0.39, 0.29) is 18.6 Å². The average Bonchev–Trinajstić information content (AvgIpc) is 2.06. The fourth-order valence-corrected chi connectivity index (χ4v) is 1.64. The van der Waals surface area contributed by atoms with E-state index < -0.39 is 0 Å². The van der Waals surface area contributed by atoms with Gasteiger partial charge in [0.1, 0.15) is 0 Å². The second kappa shape index (κ2) is 5.32.